The predicted octanol–water partition coefficient (Wildman–Crippen LogP) is 4.29. The maximum atomic E-state index is 14.9. The lowest BCUT2D eigenvalue weighted by Gasteiger charge is -2.38. The maximum absolute atomic E-state index is 14.9. The van der Waals surface area contributed by atoms with Gasteiger partial charge in [-0.25, -0.2) is 30.3 Å². The average Bonchev–Trinajstić information content (AvgIpc) is 2.73. The van der Waals surface area contributed by atoms with Crippen molar-refractivity contribution in [2.45, 2.75) is 34.4 Å². The number of sulfonamides is 1. The average molecular weight is 534 g/mol. The summed E-state index contributed by atoms with van der Waals surface area (Å²) in [5, 5.41) is 0.217. The lowest BCUT2D eigenvalue weighted by atomic mass is 9.87. The van der Waals surface area contributed by atoms with E-state index in [4.69, 9.17) is 16.3 Å². The van der Waals surface area contributed by atoms with Crippen LogP contribution in [-0.4, -0.2) is 35.5 Å². The van der Waals surface area contributed by atoms with E-state index in [9.17, 15) is 38.8 Å². The first kappa shape index (κ1) is 25.7. The van der Waals surface area contributed by atoms with E-state index in [1.807, 2.05) is 0 Å². The molecule has 1 aliphatic heterocycles. The van der Waals surface area contributed by atoms with E-state index in [-0.39, 0.29) is 22.9 Å². The molecular weight excluding hydrogens is 517 g/mol. The lowest BCUT2D eigenvalue weighted by molar-refractivity contribution is -0.0447. The van der Waals surface area contributed by atoms with Gasteiger partial charge in [0, 0.05) is 18.0 Å². The highest BCUT2D eigenvalue weighted by Gasteiger charge is 2.52. The molecule has 1 atom stereocenters. The molecule has 1 aliphatic rings. The molecule has 2 aromatic carbocycles. The van der Waals surface area contributed by atoms with Crippen LogP contribution >= 0.6 is 11.6 Å². The Kier molecular flexibility index (Phi) is 7.00. The molecular formula is C19H17ClF5NO5S2. The summed E-state index contributed by atoms with van der Waals surface area (Å²) in [6.07, 6.45) is -1.30. The van der Waals surface area contributed by atoms with E-state index < -0.39 is 72.4 Å². The zero-order chi connectivity index (χ0) is 24.7. The van der Waals surface area contributed by atoms with Gasteiger partial charge in [-0.15, -0.1) is 0 Å². The van der Waals surface area contributed by atoms with Crippen LogP contribution in [0.3, 0.4) is 0 Å². The molecule has 33 heavy (non-hydrogen) atoms. The molecule has 0 aromatic heterocycles. The number of hydrogen-bond donors (Lipinski definition) is 1. The van der Waals surface area contributed by atoms with Gasteiger partial charge in [-0.1, -0.05) is 11.6 Å². The molecule has 0 amide bonds. The van der Waals surface area contributed by atoms with E-state index >= 15 is 0 Å². The third-order valence-corrected chi connectivity index (χ3v) is 9.24. The maximum Gasteiger partial charge on any atom is 0.511 e. The molecule has 3 rings (SSSR count). The second-order valence-electron chi connectivity index (χ2n) is 7.23. The van der Waals surface area contributed by atoms with Crippen LogP contribution in [0.2, 0.25) is 5.02 Å². The number of alkyl halides is 3. The SMILES string of the molecule is O=S(=O)(NCCC[C@@]1(S(=O)(=O)c2ccc(Cl)cc2)CCOc2c(F)ccc(F)c21)C(F)(F)F. The van der Waals surface area contributed by atoms with Gasteiger partial charge in [0.25, 0.3) is 0 Å². The lowest BCUT2D eigenvalue weighted by Crippen LogP contribution is -2.43. The van der Waals surface area contributed by atoms with E-state index in [1.165, 1.54) is 16.9 Å². The summed E-state index contributed by atoms with van der Waals surface area (Å²) in [5.41, 5.74) is -6.15. The Morgan fingerprint density at radius 2 is 1.61 bits per heavy atom. The highest BCUT2D eigenvalue weighted by molar-refractivity contribution is 7.92. The van der Waals surface area contributed by atoms with Crippen LogP contribution in [0.25, 0.3) is 0 Å². The fraction of sp³-hybridized carbons (Fsp3) is 0.368. The van der Waals surface area contributed by atoms with Crippen molar-refractivity contribution in [3.05, 3.63) is 58.6 Å². The van der Waals surface area contributed by atoms with Crippen molar-refractivity contribution in [1.29, 1.82) is 0 Å². The Bertz CT molecular complexity index is 1250. The largest absolute Gasteiger partial charge is 0.511 e. The van der Waals surface area contributed by atoms with Crippen LogP contribution in [-0.2, 0) is 24.6 Å². The first-order valence-corrected chi connectivity index (χ1v) is 12.7. The number of ether oxygens (including phenoxy) is 1. The molecule has 0 saturated heterocycles. The fourth-order valence-electron chi connectivity index (χ4n) is 3.70. The zero-order valence-corrected chi connectivity index (χ0v) is 19.0. The summed E-state index contributed by atoms with van der Waals surface area (Å²) in [6.45, 7) is -1.11. The van der Waals surface area contributed by atoms with E-state index in [1.54, 1.807) is 0 Å². The minimum atomic E-state index is -5.66. The van der Waals surface area contributed by atoms with Crippen LogP contribution in [0.5, 0.6) is 5.75 Å². The zero-order valence-electron chi connectivity index (χ0n) is 16.6. The molecule has 14 heteroatoms. The Labute approximate surface area is 191 Å². The number of rotatable bonds is 7. The summed E-state index contributed by atoms with van der Waals surface area (Å²) in [5.74, 6) is -2.71. The van der Waals surface area contributed by atoms with Gasteiger partial charge in [0.15, 0.2) is 21.4 Å². The van der Waals surface area contributed by atoms with Gasteiger partial charge in [-0.05, 0) is 49.2 Å². The van der Waals surface area contributed by atoms with Gasteiger partial charge in [0.1, 0.15) is 10.6 Å². The van der Waals surface area contributed by atoms with Gasteiger partial charge >= 0.3 is 15.5 Å². The first-order chi connectivity index (χ1) is 15.2. The number of benzene rings is 2. The van der Waals surface area contributed by atoms with Crippen molar-refractivity contribution < 1.29 is 43.5 Å². The van der Waals surface area contributed by atoms with Crippen molar-refractivity contribution in [2.24, 2.45) is 0 Å². The Hall–Kier alpha value is -1.96. The first-order valence-electron chi connectivity index (χ1n) is 9.40. The van der Waals surface area contributed by atoms with Crippen molar-refractivity contribution in [1.82, 2.24) is 4.72 Å². The quantitative estimate of drug-likeness (QED) is 0.424. The smallest absolute Gasteiger partial charge is 0.490 e. The highest BCUT2D eigenvalue weighted by Crippen LogP contribution is 2.50. The van der Waals surface area contributed by atoms with Crippen LogP contribution < -0.4 is 9.46 Å². The molecule has 1 N–H and O–H groups in total. The van der Waals surface area contributed by atoms with Crippen LogP contribution in [0.15, 0.2) is 41.3 Å². The molecule has 0 spiro atoms. The van der Waals surface area contributed by atoms with Crippen molar-refractivity contribution in [3.63, 3.8) is 0 Å². The summed E-state index contributed by atoms with van der Waals surface area (Å²) < 4.78 is 121. The number of hydrogen-bond acceptors (Lipinski definition) is 5. The molecule has 1 heterocycles. The normalized spacial score (nSPS) is 19.1. The predicted molar refractivity (Wildman–Crippen MR) is 109 cm³/mol. The van der Waals surface area contributed by atoms with Gasteiger partial charge in [0.05, 0.1) is 17.1 Å². The molecule has 6 nitrogen and oxygen atoms in total. The summed E-state index contributed by atoms with van der Waals surface area (Å²) in [4.78, 5) is -0.278. The second kappa shape index (κ2) is 9.01. The third kappa shape index (κ3) is 4.68. The number of halogens is 6. The van der Waals surface area contributed by atoms with E-state index in [0.29, 0.717) is 0 Å². The Morgan fingerprint density at radius 3 is 2.21 bits per heavy atom. The van der Waals surface area contributed by atoms with Crippen molar-refractivity contribution in [3.8, 4) is 5.75 Å². The van der Waals surface area contributed by atoms with E-state index in [0.717, 1.165) is 24.3 Å². The Morgan fingerprint density at radius 1 is 1.00 bits per heavy atom. The molecule has 0 fully saturated rings. The molecule has 0 saturated carbocycles. The van der Waals surface area contributed by atoms with Gasteiger partial charge < -0.3 is 4.74 Å². The number of nitrogens with one attached hydrogen (secondary N) is 1. The highest BCUT2D eigenvalue weighted by atomic mass is 35.5. The minimum Gasteiger partial charge on any atom is -0.490 e. The number of sulfone groups is 1. The van der Waals surface area contributed by atoms with Crippen LogP contribution in [0.4, 0.5) is 22.0 Å². The molecule has 0 aliphatic carbocycles. The van der Waals surface area contributed by atoms with E-state index in [2.05, 4.69) is 0 Å². The standard InChI is InChI=1S/C19H17ClF5NO5S2/c20-12-2-4-13(5-3-12)32(27,28)18(8-1-10-26-33(29,30)19(23,24)25)9-11-31-17-15(22)7-6-14(21)16(17)18/h2-7,26H,1,8-11H2/t18-/m1/s1. The monoisotopic (exact) mass is 533 g/mol. The van der Waals surface area contributed by atoms with Crippen molar-refractivity contribution in [2.75, 3.05) is 13.2 Å². The Balaban J connectivity index is 2.07. The number of fused-ring (bicyclic) bond motifs is 1. The summed E-state index contributed by atoms with van der Waals surface area (Å²) in [6, 6.07) is 6.37. The fourth-order valence-corrected chi connectivity index (χ4v) is 6.57. The van der Waals surface area contributed by atoms with Gasteiger partial charge in [-0.3, -0.25) is 0 Å². The summed E-state index contributed by atoms with van der Waals surface area (Å²) >= 11 is 5.81. The molecule has 182 valence electrons. The van der Waals surface area contributed by atoms with Gasteiger partial charge in [-0.2, -0.15) is 13.2 Å². The summed E-state index contributed by atoms with van der Waals surface area (Å²) in [7, 11) is -10.1. The molecule has 2 aromatic rings. The van der Waals surface area contributed by atoms with Gasteiger partial charge in [0.2, 0.25) is 0 Å². The van der Waals surface area contributed by atoms with Crippen molar-refractivity contribution >= 4 is 31.5 Å². The minimum absolute atomic E-state index is 0.217. The topological polar surface area (TPSA) is 89.5 Å². The second-order valence-corrected chi connectivity index (χ2v) is 11.7. The van der Waals surface area contributed by atoms with Crippen LogP contribution in [0.1, 0.15) is 24.8 Å². The molecule has 0 bridgehead atoms. The molecule has 0 unspecified atom stereocenters. The third-order valence-electron chi connectivity index (χ3n) is 5.26. The molecule has 0 radical (unpaired) electrons. The van der Waals surface area contributed by atoms with Crippen LogP contribution in [0, 0.1) is 11.6 Å².